The second-order valence-electron chi connectivity index (χ2n) is 5.87. The van der Waals surface area contributed by atoms with Crippen LogP contribution in [-0.4, -0.2) is 30.4 Å². The van der Waals surface area contributed by atoms with E-state index in [1.807, 2.05) is 19.1 Å². The lowest BCUT2D eigenvalue weighted by Crippen LogP contribution is -2.29. The third-order valence-electron chi connectivity index (χ3n) is 3.56. The summed E-state index contributed by atoms with van der Waals surface area (Å²) in [6.45, 7) is 4.52. The number of aryl methyl sites for hydroxylation is 1. The van der Waals surface area contributed by atoms with Gasteiger partial charge in [-0.05, 0) is 62.7 Å². The van der Waals surface area contributed by atoms with Gasteiger partial charge in [-0.15, -0.1) is 0 Å². The van der Waals surface area contributed by atoms with Crippen LogP contribution in [0, 0.1) is 6.92 Å². The molecule has 1 atom stereocenters. The molecule has 0 radical (unpaired) electrons. The maximum Gasteiger partial charge on any atom is 0.347 e. The minimum Gasteiger partial charge on any atom is -0.479 e. The van der Waals surface area contributed by atoms with Gasteiger partial charge in [-0.1, -0.05) is 12.1 Å². The third-order valence-corrected chi connectivity index (χ3v) is 3.56. The van der Waals surface area contributed by atoms with Crippen LogP contribution >= 0.6 is 0 Å². The van der Waals surface area contributed by atoms with Gasteiger partial charge in [0.05, 0.1) is 0 Å². The van der Waals surface area contributed by atoms with Crippen LogP contribution in [0.3, 0.4) is 0 Å². The van der Waals surface area contributed by atoms with E-state index < -0.39 is 24.6 Å². The molecule has 2 rings (SSSR count). The van der Waals surface area contributed by atoms with Crippen molar-refractivity contribution in [2.45, 2.75) is 26.9 Å². The van der Waals surface area contributed by atoms with Gasteiger partial charge in [0, 0.05) is 11.3 Å². The van der Waals surface area contributed by atoms with E-state index in [1.165, 1.54) is 6.92 Å². The number of nitrogens with one attached hydrogen (secondary N) is 1. The van der Waals surface area contributed by atoms with Crippen LogP contribution in [-0.2, 0) is 14.3 Å². The molecule has 0 aliphatic carbocycles. The molecule has 0 aliphatic rings. The minimum absolute atomic E-state index is 0.0561. The largest absolute Gasteiger partial charge is 0.479 e. The maximum atomic E-state index is 11.9. The van der Waals surface area contributed by atoms with E-state index >= 15 is 0 Å². The molecule has 0 saturated carbocycles. The Bertz CT molecular complexity index is 798. The van der Waals surface area contributed by atoms with Gasteiger partial charge in [0.2, 0.25) is 0 Å². The molecule has 0 aliphatic heterocycles. The molecular formula is C20H21NO5. The summed E-state index contributed by atoms with van der Waals surface area (Å²) in [6.07, 6.45) is -0.834. The van der Waals surface area contributed by atoms with E-state index in [0.717, 1.165) is 5.56 Å². The fourth-order valence-corrected chi connectivity index (χ4v) is 2.18. The van der Waals surface area contributed by atoms with Crippen LogP contribution in [0.2, 0.25) is 0 Å². The Balaban J connectivity index is 1.80. The number of anilines is 1. The Morgan fingerprint density at radius 1 is 1.08 bits per heavy atom. The van der Waals surface area contributed by atoms with Crippen molar-refractivity contribution < 1.29 is 23.9 Å². The zero-order valence-electron chi connectivity index (χ0n) is 14.9. The van der Waals surface area contributed by atoms with Gasteiger partial charge in [-0.2, -0.15) is 0 Å². The molecule has 136 valence electrons. The second kappa shape index (κ2) is 8.80. The van der Waals surface area contributed by atoms with Crippen LogP contribution in [0.1, 0.15) is 29.8 Å². The number of carbonyl (C=O) groups excluding carboxylic acids is 3. The quantitative estimate of drug-likeness (QED) is 0.609. The van der Waals surface area contributed by atoms with E-state index in [4.69, 9.17) is 9.47 Å². The number of carbonyl (C=O) groups is 3. The van der Waals surface area contributed by atoms with Crippen molar-refractivity contribution in [2.75, 3.05) is 11.9 Å². The Kier molecular flexibility index (Phi) is 6.49. The summed E-state index contributed by atoms with van der Waals surface area (Å²) in [5, 5.41) is 2.59. The first-order chi connectivity index (χ1) is 12.3. The van der Waals surface area contributed by atoms with E-state index in [9.17, 15) is 14.4 Å². The van der Waals surface area contributed by atoms with Crippen molar-refractivity contribution >= 4 is 23.3 Å². The number of benzene rings is 2. The molecule has 0 spiro atoms. The molecule has 0 fully saturated rings. The standard InChI is InChI=1S/C20H21NO5/c1-13-5-4-6-18(11-13)26-15(3)20(24)25-12-19(23)21-17-9-7-16(8-10-17)14(2)22/h4-11,15H,12H2,1-3H3,(H,21,23)/t15-/m1/s1. The summed E-state index contributed by atoms with van der Waals surface area (Å²) in [7, 11) is 0. The Morgan fingerprint density at radius 3 is 2.38 bits per heavy atom. The predicted molar refractivity (Wildman–Crippen MR) is 97.3 cm³/mol. The molecule has 26 heavy (non-hydrogen) atoms. The summed E-state index contributed by atoms with van der Waals surface area (Å²) < 4.78 is 10.5. The topological polar surface area (TPSA) is 81.7 Å². The fraction of sp³-hybridized carbons (Fsp3) is 0.250. The first-order valence-electron chi connectivity index (χ1n) is 8.16. The molecule has 0 bridgehead atoms. The Hall–Kier alpha value is -3.15. The van der Waals surface area contributed by atoms with Gasteiger partial charge < -0.3 is 14.8 Å². The monoisotopic (exact) mass is 355 g/mol. The van der Waals surface area contributed by atoms with Crippen molar-refractivity contribution in [1.82, 2.24) is 0 Å². The predicted octanol–water partition coefficient (Wildman–Crippen LogP) is 3.15. The van der Waals surface area contributed by atoms with Crippen LogP contribution in [0.4, 0.5) is 5.69 Å². The van der Waals surface area contributed by atoms with Gasteiger partial charge in [-0.3, -0.25) is 9.59 Å². The Morgan fingerprint density at radius 2 is 1.77 bits per heavy atom. The summed E-state index contributed by atoms with van der Waals surface area (Å²) >= 11 is 0. The van der Waals surface area contributed by atoms with Crippen molar-refractivity contribution in [3.05, 3.63) is 59.7 Å². The Labute approximate surface area is 152 Å². The summed E-state index contributed by atoms with van der Waals surface area (Å²) in [5.74, 6) is -0.603. The third kappa shape index (κ3) is 5.73. The number of Topliss-reactive ketones (excluding diaryl/α,β-unsaturated/α-hetero) is 1. The summed E-state index contributed by atoms with van der Waals surface area (Å²) in [5.41, 5.74) is 2.08. The average molecular weight is 355 g/mol. The van der Waals surface area contributed by atoms with Crippen molar-refractivity contribution in [3.8, 4) is 5.75 Å². The number of hydrogen-bond acceptors (Lipinski definition) is 5. The maximum absolute atomic E-state index is 11.9. The smallest absolute Gasteiger partial charge is 0.347 e. The van der Waals surface area contributed by atoms with Crippen molar-refractivity contribution in [2.24, 2.45) is 0 Å². The number of ether oxygens (including phenoxy) is 2. The van der Waals surface area contributed by atoms with Gasteiger partial charge >= 0.3 is 5.97 Å². The zero-order valence-corrected chi connectivity index (χ0v) is 14.9. The summed E-state index contributed by atoms with van der Waals surface area (Å²) in [4.78, 5) is 35.0. The van der Waals surface area contributed by atoms with E-state index in [2.05, 4.69) is 5.32 Å². The first-order valence-corrected chi connectivity index (χ1v) is 8.16. The zero-order chi connectivity index (χ0) is 19.1. The molecule has 6 heteroatoms. The van der Waals surface area contributed by atoms with Crippen LogP contribution in [0.15, 0.2) is 48.5 Å². The molecule has 6 nitrogen and oxygen atoms in total. The van der Waals surface area contributed by atoms with Gasteiger partial charge in [-0.25, -0.2) is 4.79 Å². The fourth-order valence-electron chi connectivity index (χ4n) is 2.18. The van der Waals surface area contributed by atoms with Crippen molar-refractivity contribution in [3.63, 3.8) is 0 Å². The number of esters is 1. The molecule has 2 aromatic carbocycles. The highest BCUT2D eigenvalue weighted by Crippen LogP contribution is 2.15. The minimum atomic E-state index is -0.834. The van der Waals surface area contributed by atoms with E-state index in [0.29, 0.717) is 17.0 Å². The SMILES string of the molecule is CC(=O)c1ccc(NC(=O)COC(=O)[C@@H](C)Oc2cccc(C)c2)cc1. The van der Waals surface area contributed by atoms with E-state index in [-0.39, 0.29) is 5.78 Å². The van der Waals surface area contributed by atoms with Gasteiger partial charge in [0.25, 0.3) is 5.91 Å². The lowest BCUT2D eigenvalue weighted by Gasteiger charge is -2.14. The molecular weight excluding hydrogens is 334 g/mol. The van der Waals surface area contributed by atoms with E-state index in [1.54, 1.807) is 43.3 Å². The lowest BCUT2D eigenvalue weighted by atomic mass is 10.1. The number of ketones is 1. The second-order valence-corrected chi connectivity index (χ2v) is 5.87. The number of amides is 1. The van der Waals surface area contributed by atoms with Crippen molar-refractivity contribution in [1.29, 1.82) is 0 Å². The number of rotatable bonds is 7. The molecule has 0 aromatic heterocycles. The molecule has 1 N–H and O–H groups in total. The molecule has 1 amide bonds. The highest BCUT2D eigenvalue weighted by atomic mass is 16.6. The summed E-state index contributed by atoms with van der Waals surface area (Å²) in [6, 6.07) is 13.7. The lowest BCUT2D eigenvalue weighted by molar-refractivity contribution is -0.153. The molecule has 0 unspecified atom stereocenters. The first kappa shape index (κ1) is 19.2. The van der Waals surface area contributed by atoms with Crippen LogP contribution in [0.25, 0.3) is 0 Å². The van der Waals surface area contributed by atoms with Crippen LogP contribution < -0.4 is 10.1 Å². The molecule has 0 saturated heterocycles. The molecule has 2 aromatic rings. The average Bonchev–Trinajstić information content (AvgIpc) is 2.60. The normalized spacial score (nSPS) is 11.3. The highest BCUT2D eigenvalue weighted by Gasteiger charge is 2.18. The molecule has 0 heterocycles. The van der Waals surface area contributed by atoms with Crippen LogP contribution in [0.5, 0.6) is 5.75 Å². The highest BCUT2D eigenvalue weighted by molar-refractivity contribution is 5.96. The van der Waals surface area contributed by atoms with Gasteiger partial charge in [0.15, 0.2) is 18.5 Å². The number of hydrogen-bond donors (Lipinski definition) is 1. The van der Waals surface area contributed by atoms with Gasteiger partial charge in [0.1, 0.15) is 5.75 Å².